The van der Waals surface area contributed by atoms with Crippen molar-refractivity contribution in [3.05, 3.63) is 40.4 Å². The van der Waals surface area contributed by atoms with E-state index in [0.717, 1.165) is 30.7 Å². The van der Waals surface area contributed by atoms with Gasteiger partial charge in [0, 0.05) is 13.0 Å². The first-order valence-corrected chi connectivity index (χ1v) is 6.91. The van der Waals surface area contributed by atoms with Crippen molar-refractivity contribution < 1.29 is 0 Å². The van der Waals surface area contributed by atoms with Gasteiger partial charge in [-0.2, -0.15) is 0 Å². The summed E-state index contributed by atoms with van der Waals surface area (Å²) < 4.78 is 1.84. The highest BCUT2D eigenvalue weighted by Gasteiger charge is 2.14. The van der Waals surface area contributed by atoms with Crippen LogP contribution in [0.1, 0.15) is 39.9 Å². The van der Waals surface area contributed by atoms with Crippen LogP contribution >= 0.6 is 0 Å². The van der Waals surface area contributed by atoms with Gasteiger partial charge in [-0.15, -0.1) is 0 Å². The first kappa shape index (κ1) is 13.8. The Balaban J connectivity index is 2.52. The van der Waals surface area contributed by atoms with Crippen LogP contribution in [0.15, 0.2) is 29.1 Å². The molecule has 0 N–H and O–H groups in total. The molecule has 0 aliphatic carbocycles. The molecule has 2 aromatic rings. The standard InChI is InChI=1S/C16H22N2O/c1-5-14-17-13-9-7-6-8-12(13)15(19)18(14)11-10-16(2,3)4/h6-9H,5,10-11H2,1-4H3. The van der Waals surface area contributed by atoms with E-state index in [0.29, 0.717) is 5.39 Å². The minimum absolute atomic E-state index is 0.0895. The largest absolute Gasteiger partial charge is 0.296 e. The average molecular weight is 258 g/mol. The van der Waals surface area contributed by atoms with E-state index in [1.54, 1.807) is 0 Å². The van der Waals surface area contributed by atoms with Gasteiger partial charge in [0.15, 0.2) is 0 Å². The highest BCUT2D eigenvalue weighted by atomic mass is 16.1. The zero-order valence-corrected chi connectivity index (χ0v) is 12.2. The van der Waals surface area contributed by atoms with Gasteiger partial charge in [0.1, 0.15) is 5.82 Å². The minimum atomic E-state index is 0.0895. The molecule has 0 aliphatic heterocycles. The zero-order valence-electron chi connectivity index (χ0n) is 12.2. The Morgan fingerprint density at radius 2 is 1.89 bits per heavy atom. The molecule has 0 bridgehead atoms. The fourth-order valence-corrected chi connectivity index (χ4v) is 2.16. The van der Waals surface area contributed by atoms with Crippen molar-refractivity contribution in [1.29, 1.82) is 0 Å². The molecule has 2 rings (SSSR count). The van der Waals surface area contributed by atoms with Crippen LogP contribution in [0, 0.1) is 5.41 Å². The van der Waals surface area contributed by atoms with Crippen LogP contribution in [0.25, 0.3) is 10.9 Å². The van der Waals surface area contributed by atoms with Crippen LogP contribution in [0.3, 0.4) is 0 Å². The number of benzene rings is 1. The molecule has 0 saturated heterocycles. The van der Waals surface area contributed by atoms with Gasteiger partial charge in [-0.3, -0.25) is 9.36 Å². The molecule has 0 atom stereocenters. The fraction of sp³-hybridized carbons (Fsp3) is 0.500. The molecule has 0 amide bonds. The van der Waals surface area contributed by atoms with Crippen LogP contribution in [-0.2, 0) is 13.0 Å². The lowest BCUT2D eigenvalue weighted by molar-refractivity contribution is 0.344. The Kier molecular flexibility index (Phi) is 3.74. The quantitative estimate of drug-likeness (QED) is 0.845. The number of hydrogen-bond acceptors (Lipinski definition) is 2. The fourth-order valence-electron chi connectivity index (χ4n) is 2.16. The predicted molar refractivity (Wildman–Crippen MR) is 79.5 cm³/mol. The topological polar surface area (TPSA) is 34.9 Å². The zero-order chi connectivity index (χ0) is 14.0. The van der Waals surface area contributed by atoms with Gasteiger partial charge in [-0.1, -0.05) is 39.8 Å². The number of fused-ring (bicyclic) bond motifs is 1. The number of rotatable bonds is 3. The SMILES string of the molecule is CCc1nc2ccccc2c(=O)n1CCC(C)(C)C. The van der Waals surface area contributed by atoms with Crippen molar-refractivity contribution in [2.45, 2.75) is 47.1 Å². The normalized spacial score (nSPS) is 12.0. The second-order valence-corrected chi connectivity index (χ2v) is 6.17. The van der Waals surface area contributed by atoms with Crippen molar-refractivity contribution in [2.24, 2.45) is 5.41 Å². The Morgan fingerprint density at radius 3 is 2.53 bits per heavy atom. The van der Waals surface area contributed by atoms with E-state index in [1.165, 1.54) is 0 Å². The molecular weight excluding hydrogens is 236 g/mol. The van der Waals surface area contributed by atoms with Gasteiger partial charge in [0.05, 0.1) is 10.9 Å². The molecular formula is C16H22N2O. The minimum Gasteiger partial charge on any atom is -0.296 e. The molecule has 1 aromatic heterocycles. The summed E-state index contributed by atoms with van der Waals surface area (Å²) in [6.45, 7) is 9.36. The van der Waals surface area contributed by atoms with Crippen molar-refractivity contribution in [2.75, 3.05) is 0 Å². The summed E-state index contributed by atoms with van der Waals surface area (Å²) >= 11 is 0. The molecule has 1 aromatic carbocycles. The third kappa shape index (κ3) is 3.03. The summed E-state index contributed by atoms with van der Waals surface area (Å²) in [6.07, 6.45) is 1.75. The molecule has 0 radical (unpaired) electrons. The van der Waals surface area contributed by atoms with Crippen molar-refractivity contribution >= 4 is 10.9 Å². The van der Waals surface area contributed by atoms with Crippen molar-refractivity contribution in [3.63, 3.8) is 0 Å². The lowest BCUT2D eigenvalue weighted by Crippen LogP contribution is -2.27. The van der Waals surface area contributed by atoms with E-state index in [9.17, 15) is 4.79 Å². The van der Waals surface area contributed by atoms with Crippen LogP contribution in [-0.4, -0.2) is 9.55 Å². The smallest absolute Gasteiger partial charge is 0.261 e. The van der Waals surface area contributed by atoms with Crippen molar-refractivity contribution in [1.82, 2.24) is 9.55 Å². The maximum Gasteiger partial charge on any atom is 0.261 e. The third-order valence-corrected chi connectivity index (χ3v) is 3.34. The van der Waals surface area contributed by atoms with E-state index < -0.39 is 0 Å². The van der Waals surface area contributed by atoms with Gasteiger partial charge in [0.2, 0.25) is 0 Å². The molecule has 1 heterocycles. The molecule has 3 nitrogen and oxygen atoms in total. The highest BCUT2D eigenvalue weighted by molar-refractivity contribution is 5.77. The molecule has 0 spiro atoms. The van der Waals surface area contributed by atoms with Gasteiger partial charge in [-0.25, -0.2) is 4.98 Å². The van der Waals surface area contributed by atoms with Crippen molar-refractivity contribution in [3.8, 4) is 0 Å². The van der Waals surface area contributed by atoms with Crippen LogP contribution in [0.2, 0.25) is 0 Å². The Hall–Kier alpha value is -1.64. The predicted octanol–water partition coefficient (Wildman–Crippen LogP) is 3.40. The molecule has 0 unspecified atom stereocenters. The average Bonchev–Trinajstić information content (AvgIpc) is 2.36. The summed E-state index contributed by atoms with van der Waals surface area (Å²) in [5.41, 5.74) is 1.11. The second kappa shape index (κ2) is 5.16. The summed E-state index contributed by atoms with van der Waals surface area (Å²) in [7, 11) is 0. The maximum atomic E-state index is 12.5. The molecule has 0 aliphatic rings. The number of aromatic nitrogens is 2. The monoisotopic (exact) mass is 258 g/mol. The van der Waals surface area contributed by atoms with E-state index in [2.05, 4.69) is 25.8 Å². The van der Waals surface area contributed by atoms with Gasteiger partial charge in [-0.05, 0) is 24.0 Å². The third-order valence-electron chi connectivity index (χ3n) is 3.34. The molecule has 102 valence electrons. The van der Waals surface area contributed by atoms with E-state index in [4.69, 9.17) is 0 Å². The van der Waals surface area contributed by atoms with Crippen LogP contribution in [0.4, 0.5) is 0 Å². The maximum absolute atomic E-state index is 12.5. The van der Waals surface area contributed by atoms with Gasteiger partial charge >= 0.3 is 0 Å². The van der Waals surface area contributed by atoms with Crippen LogP contribution < -0.4 is 5.56 Å². The van der Waals surface area contributed by atoms with E-state index >= 15 is 0 Å². The molecule has 0 saturated carbocycles. The Labute approximate surface area is 114 Å². The summed E-state index contributed by atoms with van der Waals surface area (Å²) in [6, 6.07) is 7.58. The molecule has 3 heteroatoms. The Bertz CT molecular complexity index is 635. The summed E-state index contributed by atoms with van der Waals surface area (Å²) in [4.78, 5) is 17.2. The Morgan fingerprint density at radius 1 is 1.21 bits per heavy atom. The number of nitrogens with zero attached hydrogens (tertiary/aromatic N) is 2. The molecule has 19 heavy (non-hydrogen) atoms. The first-order chi connectivity index (χ1) is 8.92. The number of aryl methyl sites for hydroxylation is 1. The number of para-hydroxylation sites is 1. The molecule has 0 fully saturated rings. The highest BCUT2D eigenvalue weighted by Crippen LogP contribution is 2.19. The lowest BCUT2D eigenvalue weighted by atomic mass is 9.92. The van der Waals surface area contributed by atoms with Gasteiger partial charge in [0.25, 0.3) is 5.56 Å². The second-order valence-electron chi connectivity index (χ2n) is 6.17. The van der Waals surface area contributed by atoms with Gasteiger partial charge < -0.3 is 0 Å². The van der Waals surface area contributed by atoms with E-state index in [1.807, 2.05) is 35.8 Å². The summed E-state index contributed by atoms with van der Waals surface area (Å²) in [5, 5.41) is 0.716. The lowest BCUT2D eigenvalue weighted by Gasteiger charge is -2.20. The first-order valence-electron chi connectivity index (χ1n) is 6.91. The van der Waals surface area contributed by atoms with E-state index in [-0.39, 0.29) is 11.0 Å². The number of hydrogen-bond donors (Lipinski definition) is 0. The van der Waals surface area contributed by atoms with Crippen LogP contribution in [0.5, 0.6) is 0 Å². The summed E-state index contributed by atoms with van der Waals surface area (Å²) in [5.74, 6) is 0.882.